The summed E-state index contributed by atoms with van der Waals surface area (Å²) in [6, 6.07) is 21.2. The SMILES string of the molecule is OCc1cc(Cc2ccc(NCCC3=CCc4ccccc43)cc2)ccn1. The molecule has 3 nitrogen and oxygen atoms in total. The maximum atomic E-state index is 9.21. The predicted molar refractivity (Wildman–Crippen MR) is 111 cm³/mol. The number of allylic oxidation sites excluding steroid dienone is 1. The van der Waals surface area contributed by atoms with Crippen LogP contribution in [0.15, 0.2) is 72.9 Å². The first-order valence-corrected chi connectivity index (χ1v) is 9.46. The van der Waals surface area contributed by atoms with E-state index in [-0.39, 0.29) is 6.61 Å². The number of benzene rings is 2. The van der Waals surface area contributed by atoms with Crippen molar-refractivity contribution in [2.24, 2.45) is 0 Å². The summed E-state index contributed by atoms with van der Waals surface area (Å²) in [6.45, 7) is 0.918. The fourth-order valence-corrected chi connectivity index (χ4v) is 3.63. The summed E-state index contributed by atoms with van der Waals surface area (Å²) in [5.41, 5.74) is 8.59. The van der Waals surface area contributed by atoms with Gasteiger partial charge in [-0.3, -0.25) is 4.98 Å². The average molecular weight is 356 g/mol. The lowest BCUT2D eigenvalue weighted by molar-refractivity contribution is 0.276. The molecule has 0 saturated heterocycles. The van der Waals surface area contributed by atoms with Crippen molar-refractivity contribution < 1.29 is 5.11 Å². The highest BCUT2D eigenvalue weighted by atomic mass is 16.3. The van der Waals surface area contributed by atoms with Gasteiger partial charge in [-0.05, 0) is 71.4 Å². The number of rotatable bonds is 7. The van der Waals surface area contributed by atoms with Crippen molar-refractivity contribution in [1.82, 2.24) is 4.98 Å². The van der Waals surface area contributed by atoms with E-state index in [0.29, 0.717) is 5.69 Å². The Kier molecular flexibility index (Phi) is 5.31. The molecule has 136 valence electrons. The topological polar surface area (TPSA) is 45.1 Å². The van der Waals surface area contributed by atoms with Crippen LogP contribution in [0.5, 0.6) is 0 Å². The van der Waals surface area contributed by atoms with Crippen molar-refractivity contribution in [2.45, 2.75) is 25.9 Å². The molecule has 0 saturated carbocycles. The van der Waals surface area contributed by atoms with Crippen molar-refractivity contribution in [3.8, 4) is 0 Å². The van der Waals surface area contributed by atoms with E-state index in [1.54, 1.807) is 6.20 Å². The zero-order chi connectivity index (χ0) is 18.5. The molecule has 4 rings (SSSR count). The van der Waals surface area contributed by atoms with Gasteiger partial charge in [0.2, 0.25) is 0 Å². The zero-order valence-electron chi connectivity index (χ0n) is 15.4. The Labute approximate surface area is 160 Å². The van der Waals surface area contributed by atoms with Crippen LogP contribution < -0.4 is 5.32 Å². The summed E-state index contributed by atoms with van der Waals surface area (Å²) in [7, 11) is 0. The number of pyridine rings is 1. The molecular formula is C24H24N2O. The standard InChI is InChI=1S/C24H24N2O/c27-17-23-16-19(11-13-26-23)15-18-5-9-22(10-6-18)25-14-12-21-8-7-20-3-1-2-4-24(20)21/h1-6,8-11,13,16,25,27H,7,12,14-15,17H2. The second kappa shape index (κ2) is 8.19. The Balaban J connectivity index is 1.31. The number of anilines is 1. The van der Waals surface area contributed by atoms with Crippen LogP contribution in [-0.4, -0.2) is 16.6 Å². The number of fused-ring (bicyclic) bond motifs is 1. The normalized spacial score (nSPS) is 12.6. The molecule has 0 spiro atoms. The molecule has 3 heteroatoms. The van der Waals surface area contributed by atoms with Crippen LogP contribution in [0.4, 0.5) is 5.69 Å². The smallest absolute Gasteiger partial charge is 0.0853 e. The highest BCUT2D eigenvalue weighted by Crippen LogP contribution is 2.29. The van der Waals surface area contributed by atoms with E-state index in [1.165, 1.54) is 27.8 Å². The largest absolute Gasteiger partial charge is 0.390 e. The van der Waals surface area contributed by atoms with E-state index in [0.717, 1.165) is 31.5 Å². The van der Waals surface area contributed by atoms with Crippen molar-refractivity contribution in [3.63, 3.8) is 0 Å². The van der Waals surface area contributed by atoms with Gasteiger partial charge in [-0.15, -0.1) is 0 Å². The second-order valence-electron chi connectivity index (χ2n) is 6.95. The zero-order valence-corrected chi connectivity index (χ0v) is 15.4. The second-order valence-corrected chi connectivity index (χ2v) is 6.95. The first-order chi connectivity index (χ1) is 13.3. The molecule has 0 bridgehead atoms. The monoisotopic (exact) mass is 356 g/mol. The summed E-state index contributed by atoms with van der Waals surface area (Å²) in [5.74, 6) is 0. The van der Waals surface area contributed by atoms with E-state index in [1.807, 2.05) is 12.1 Å². The molecule has 2 aromatic carbocycles. The van der Waals surface area contributed by atoms with E-state index in [2.05, 4.69) is 64.9 Å². The minimum Gasteiger partial charge on any atom is -0.390 e. The van der Waals surface area contributed by atoms with E-state index in [9.17, 15) is 5.11 Å². The molecule has 1 heterocycles. The lowest BCUT2D eigenvalue weighted by Gasteiger charge is -2.10. The number of aliphatic hydroxyl groups is 1. The van der Waals surface area contributed by atoms with Gasteiger partial charge in [0.15, 0.2) is 0 Å². The number of nitrogens with zero attached hydrogens (tertiary/aromatic N) is 1. The van der Waals surface area contributed by atoms with Gasteiger partial charge in [-0.1, -0.05) is 42.5 Å². The van der Waals surface area contributed by atoms with Gasteiger partial charge in [0.25, 0.3) is 0 Å². The highest BCUT2D eigenvalue weighted by Gasteiger charge is 2.12. The fraction of sp³-hybridized carbons (Fsp3) is 0.208. The van der Waals surface area contributed by atoms with Gasteiger partial charge >= 0.3 is 0 Å². The molecule has 0 aliphatic heterocycles. The quantitative estimate of drug-likeness (QED) is 0.650. The van der Waals surface area contributed by atoms with Gasteiger partial charge in [-0.2, -0.15) is 0 Å². The Morgan fingerprint density at radius 2 is 1.81 bits per heavy atom. The highest BCUT2D eigenvalue weighted by molar-refractivity contribution is 5.73. The molecule has 0 radical (unpaired) electrons. The molecule has 2 N–H and O–H groups in total. The van der Waals surface area contributed by atoms with Crippen LogP contribution >= 0.6 is 0 Å². The lowest BCUT2D eigenvalue weighted by Crippen LogP contribution is -2.02. The van der Waals surface area contributed by atoms with Crippen molar-refractivity contribution in [2.75, 3.05) is 11.9 Å². The molecule has 3 aromatic rings. The Hall–Kier alpha value is -2.91. The molecule has 0 unspecified atom stereocenters. The minimum absolute atomic E-state index is 0.0163. The van der Waals surface area contributed by atoms with Crippen LogP contribution in [0.2, 0.25) is 0 Å². The summed E-state index contributed by atoms with van der Waals surface area (Å²) in [5, 5.41) is 12.7. The first-order valence-electron chi connectivity index (χ1n) is 9.46. The maximum absolute atomic E-state index is 9.21. The number of aromatic nitrogens is 1. The molecule has 0 atom stereocenters. The summed E-state index contributed by atoms with van der Waals surface area (Å²) >= 11 is 0. The fourth-order valence-electron chi connectivity index (χ4n) is 3.63. The molecular weight excluding hydrogens is 332 g/mol. The Morgan fingerprint density at radius 1 is 0.963 bits per heavy atom. The van der Waals surface area contributed by atoms with E-state index < -0.39 is 0 Å². The van der Waals surface area contributed by atoms with Crippen LogP contribution in [0.3, 0.4) is 0 Å². The van der Waals surface area contributed by atoms with Gasteiger partial charge in [0.05, 0.1) is 12.3 Å². The van der Waals surface area contributed by atoms with E-state index >= 15 is 0 Å². The predicted octanol–water partition coefficient (Wildman–Crippen LogP) is 4.61. The van der Waals surface area contributed by atoms with Crippen molar-refractivity contribution in [1.29, 1.82) is 0 Å². The number of aliphatic hydroxyl groups excluding tert-OH is 1. The van der Waals surface area contributed by atoms with Gasteiger partial charge in [0, 0.05) is 18.4 Å². The first kappa shape index (κ1) is 17.5. The molecule has 1 aliphatic carbocycles. The van der Waals surface area contributed by atoms with Crippen LogP contribution in [0.25, 0.3) is 5.57 Å². The minimum atomic E-state index is -0.0163. The molecule has 0 amide bonds. The molecule has 0 fully saturated rings. The third kappa shape index (κ3) is 4.26. The number of hydrogen-bond acceptors (Lipinski definition) is 3. The van der Waals surface area contributed by atoms with Crippen molar-refractivity contribution >= 4 is 11.3 Å². The lowest BCUT2D eigenvalue weighted by atomic mass is 10.0. The summed E-state index contributed by atoms with van der Waals surface area (Å²) < 4.78 is 0. The number of nitrogens with one attached hydrogen (secondary N) is 1. The average Bonchev–Trinajstić information content (AvgIpc) is 3.13. The summed E-state index contributed by atoms with van der Waals surface area (Å²) in [6.07, 6.45) is 7.06. The Morgan fingerprint density at radius 3 is 2.67 bits per heavy atom. The van der Waals surface area contributed by atoms with Gasteiger partial charge in [-0.25, -0.2) is 0 Å². The summed E-state index contributed by atoms with van der Waals surface area (Å²) in [4.78, 5) is 4.13. The van der Waals surface area contributed by atoms with Crippen LogP contribution in [-0.2, 0) is 19.4 Å². The van der Waals surface area contributed by atoms with Crippen molar-refractivity contribution in [3.05, 3.63) is 101 Å². The molecule has 1 aliphatic rings. The maximum Gasteiger partial charge on any atom is 0.0853 e. The third-order valence-electron chi connectivity index (χ3n) is 5.06. The number of hydrogen-bond donors (Lipinski definition) is 2. The van der Waals surface area contributed by atoms with E-state index in [4.69, 9.17) is 0 Å². The van der Waals surface area contributed by atoms with Gasteiger partial charge < -0.3 is 10.4 Å². The van der Waals surface area contributed by atoms with Crippen LogP contribution in [0.1, 0.15) is 34.4 Å². The third-order valence-corrected chi connectivity index (χ3v) is 5.06. The molecule has 1 aromatic heterocycles. The van der Waals surface area contributed by atoms with Crippen LogP contribution in [0, 0.1) is 0 Å². The van der Waals surface area contributed by atoms with Gasteiger partial charge in [0.1, 0.15) is 0 Å². The Bertz CT molecular complexity index is 945. The molecule has 27 heavy (non-hydrogen) atoms.